The average molecular weight is 341 g/mol. The van der Waals surface area contributed by atoms with Gasteiger partial charge in [0.2, 0.25) is 16.6 Å². The van der Waals surface area contributed by atoms with Crippen LogP contribution in [0, 0.1) is 0 Å². The summed E-state index contributed by atoms with van der Waals surface area (Å²) in [6.45, 7) is 0.597. The summed E-state index contributed by atoms with van der Waals surface area (Å²) >= 11 is 0. The predicted octanol–water partition coefficient (Wildman–Crippen LogP) is 3.02. The van der Waals surface area contributed by atoms with Crippen LogP contribution in [-0.2, 0) is 16.4 Å². The lowest BCUT2D eigenvalue weighted by Gasteiger charge is -2.10. The van der Waals surface area contributed by atoms with Crippen molar-refractivity contribution in [3.05, 3.63) is 48.0 Å². The van der Waals surface area contributed by atoms with Crippen LogP contribution >= 0.6 is 0 Å². The van der Waals surface area contributed by atoms with Crippen molar-refractivity contribution < 1.29 is 26.7 Å². The Labute approximate surface area is 131 Å². The van der Waals surface area contributed by atoms with E-state index in [0.29, 0.717) is 23.7 Å². The van der Waals surface area contributed by atoms with Crippen molar-refractivity contribution in [1.82, 2.24) is 0 Å². The van der Waals surface area contributed by atoms with Crippen LogP contribution in [0.4, 0.5) is 14.5 Å². The molecule has 1 aliphatic rings. The summed E-state index contributed by atoms with van der Waals surface area (Å²) in [6, 6.07) is 10.7. The number of para-hydroxylation sites is 1. The average Bonchev–Trinajstić information content (AvgIpc) is 3.02. The van der Waals surface area contributed by atoms with Gasteiger partial charge in [-0.05, 0) is 30.3 Å². The van der Waals surface area contributed by atoms with Crippen LogP contribution in [0.25, 0.3) is 0 Å². The smallest absolute Gasteiger partial charge is 0.341 e. The summed E-state index contributed by atoms with van der Waals surface area (Å²) in [5.74, 6) is -2.09. The highest BCUT2D eigenvalue weighted by Crippen LogP contribution is 2.35. The zero-order valence-corrected chi connectivity index (χ0v) is 12.6. The molecule has 2 aromatic rings. The maximum atomic E-state index is 12.5. The number of sulfone groups is 1. The van der Waals surface area contributed by atoms with E-state index < -0.39 is 20.5 Å². The molecule has 0 fully saturated rings. The third-order valence-corrected chi connectivity index (χ3v) is 4.78. The Bertz CT molecular complexity index is 807. The molecule has 0 saturated carbocycles. The lowest BCUT2D eigenvalue weighted by Crippen LogP contribution is -2.11. The van der Waals surface area contributed by atoms with Gasteiger partial charge in [-0.25, -0.2) is 8.42 Å². The summed E-state index contributed by atoms with van der Waals surface area (Å²) < 4.78 is 58.3. The lowest BCUT2D eigenvalue weighted by molar-refractivity contribution is 0.173. The van der Waals surface area contributed by atoms with E-state index >= 15 is 0 Å². The highest BCUT2D eigenvalue weighted by atomic mass is 32.2. The molecular formula is C15H13F2NO4S. The maximum absolute atomic E-state index is 12.5. The number of halogens is 2. The molecule has 0 radical (unpaired) electrons. The first-order valence-electron chi connectivity index (χ1n) is 6.72. The molecule has 3 rings (SSSR count). The predicted molar refractivity (Wildman–Crippen MR) is 79.5 cm³/mol. The molecule has 1 N–H and O–H groups in total. The van der Waals surface area contributed by atoms with Gasteiger partial charge < -0.3 is 14.8 Å². The van der Waals surface area contributed by atoms with Crippen LogP contribution in [0.3, 0.4) is 0 Å². The summed E-state index contributed by atoms with van der Waals surface area (Å²) in [5.41, 5.74) is 1.49. The van der Waals surface area contributed by atoms with Gasteiger partial charge in [-0.2, -0.15) is 8.78 Å². The minimum Gasteiger partial charge on any atom is -0.454 e. The minimum atomic E-state index is -4.57. The SMILES string of the molecule is O=S(=O)(c1ccc(NCc2cccc3c2OCO3)cc1)C(F)F. The number of anilines is 1. The van der Waals surface area contributed by atoms with Crippen LogP contribution in [0.5, 0.6) is 11.5 Å². The van der Waals surface area contributed by atoms with Crippen molar-refractivity contribution in [3.63, 3.8) is 0 Å². The Morgan fingerprint density at radius 3 is 2.52 bits per heavy atom. The van der Waals surface area contributed by atoms with Gasteiger partial charge in [0.1, 0.15) is 0 Å². The molecule has 0 spiro atoms. The molecule has 1 heterocycles. The molecule has 5 nitrogen and oxygen atoms in total. The number of nitrogens with one attached hydrogen (secondary N) is 1. The lowest BCUT2D eigenvalue weighted by atomic mass is 10.2. The number of rotatable bonds is 5. The van der Waals surface area contributed by atoms with Gasteiger partial charge in [0, 0.05) is 17.8 Å². The minimum absolute atomic E-state index is 0.173. The molecule has 8 heteroatoms. The first-order valence-corrected chi connectivity index (χ1v) is 8.26. The van der Waals surface area contributed by atoms with Crippen molar-refractivity contribution in [3.8, 4) is 11.5 Å². The van der Waals surface area contributed by atoms with Crippen molar-refractivity contribution >= 4 is 15.5 Å². The van der Waals surface area contributed by atoms with E-state index in [9.17, 15) is 17.2 Å². The molecule has 0 saturated heterocycles. The standard InChI is InChI=1S/C15H13F2NO4S/c16-15(17)23(19,20)12-6-4-11(5-7-12)18-8-10-2-1-3-13-14(10)22-9-21-13/h1-7,15,18H,8-9H2. The number of fused-ring (bicyclic) bond motifs is 1. The van der Waals surface area contributed by atoms with Crippen molar-refractivity contribution in [2.24, 2.45) is 0 Å². The Morgan fingerprint density at radius 1 is 1.09 bits per heavy atom. The van der Waals surface area contributed by atoms with Gasteiger partial charge in [-0.15, -0.1) is 0 Å². The van der Waals surface area contributed by atoms with Gasteiger partial charge >= 0.3 is 5.76 Å². The van der Waals surface area contributed by atoms with E-state index in [2.05, 4.69) is 5.32 Å². The highest BCUT2D eigenvalue weighted by molar-refractivity contribution is 7.91. The number of alkyl halides is 2. The summed E-state index contributed by atoms with van der Waals surface area (Å²) in [7, 11) is -4.57. The Morgan fingerprint density at radius 2 is 1.83 bits per heavy atom. The van der Waals surface area contributed by atoms with Gasteiger partial charge in [-0.3, -0.25) is 0 Å². The van der Waals surface area contributed by atoms with Gasteiger partial charge in [-0.1, -0.05) is 12.1 Å². The summed E-state index contributed by atoms with van der Waals surface area (Å²) in [4.78, 5) is -0.407. The fraction of sp³-hybridized carbons (Fsp3) is 0.200. The third kappa shape index (κ3) is 3.07. The molecule has 0 amide bonds. The first-order chi connectivity index (χ1) is 11.0. The fourth-order valence-corrected chi connectivity index (χ4v) is 2.91. The van der Waals surface area contributed by atoms with E-state index in [1.54, 1.807) is 6.07 Å². The molecule has 1 aliphatic heterocycles. The Hall–Kier alpha value is -2.35. The molecule has 2 aromatic carbocycles. The monoisotopic (exact) mass is 341 g/mol. The molecule has 23 heavy (non-hydrogen) atoms. The molecule has 0 aliphatic carbocycles. The fourth-order valence-electron chi connectivity index (χ4n) is 2.19. The van der Waals surface area contributed by atoms with E-state index in [-0.39, 0.29) is 6.79 Å². The van der Waals surface area contributed by atoms with Gasteiger partial charge in [0.15, 0.2) is 11.5 Å². The number of hydrogen-bond acceptors (Lipinski definition) is 5. The van der Waals surface area contributed by atoms with Crippen molar-refractivity contribution in [2.75, 3.05) is 12.1 Å². The van der Waals surface area contributed by atoms with E-state index in [1.165, 1.54) is 12.1 Å². The molecule has 0 bridgehead atoms. The molecule has 0 unspecified atom stereocenters. The van der Waals surface area contributed by atoms with E-state index in [0.717, 1.165) is 17.7 Å². The second-order valence-electron chi connectivity index (χ2n) is 4.83. The van der Waals surface area contributed by atoms with Crippen LogP contribution in [0.15, 0.2) is 47.4 Å². The summed E-state index contributed by atoms with van der Waals surface area (Å²) in [6.07, 6.45) is 0. The van der Waals surface area contributed by atoms with E-state index in [4.69, 9.17) is 9.47 Å². The number of ether oxygens (including phenoxy) is 2. The van der Waals surface area contributed by atoms with Crippen LogP contribution < -0.4 is 14.8 Å². The second kappa shape index (κ2) is 6.04. The van der Waals surface area contributed by atoms with Gasteiger partial charge in [0.25, 0.3) is 0 Å². The first kappa shape index (κ1) is 15.5. The molecular weight excluding hydrogens is 328 g/mol. The Balaban J connectivity index is 1.72. The van der Waals surface area contributed by atoms with Crippen LogP contribution in [-0.4, -0.2) is 21.0 Å². The second-order valence-corrected chi connectivity index (χ2v) is 6.75. The van der Waals surface area contributed by atoms with Crippen LogP contribution in [0.2, 0.25) is 0 Å². The normalized spacial score (nSPS) is 13.3. The van der Waals surface area contributed by atoms with Crippen molar-refractivity contribution in [1.29, 1.82) is 0 Å². The molecule has 0 atom stereocenters. The topological polar surface area (TPSA) is 64.6 Å². The number of hydrogen-bond donors (Lipinski definition) is 1. The molecule has 122 valence electrons. The maximum Gasteiger partial charge on any atom is 0.341 e. The quantitative estimate of drug-likeness (QED) is 0.906. The zero-order chi connectivity index (χ0) is 16.4. The zero-order valence-electron chi connectivity index (χ0n) is 11.8. The largest absolute Gasteiger partial charge is 0.454 e. The van der Waals surface area contributed by atoms with E-state index in [1.807, 2.05) is 12.1 Å². The molecule has 0 aromatic heterocycles. The Kier molecular flexibility index (Phi) is 4.08. The summed E-state index contributed by atoms with van der Waals surface area (Å²) in [5, 5.41) is 3.08. The third-order valence-electron chi connectivity index (χ3n) is 3.38. The van der Waals surface area contributed by atoms with Crippen molar-refractivity contribution in [2.45, 2.75) is 17.2 Å². The van der Waals surface area contributed by atoms with Crippen LogP contribution in [0.1, 0.15) is 5.56 Å². The highest BCUT2D eigenvalue weighted by Gasteiger charge is 2.26. The number of benzene rings is 2. The van der Waals surface area contributed by atoms with Gasteiger partial charge in [0.05, 0.1) is 4.90 Å².